The van der Waals surface area contributed by atoms with E-state index in [0.29, 0.717) is 81.6 Å². The fraction of sp³-hybridized carbons (Fsp3) is 0.148. The number of azo groups is 2. The number of carbonyl (C=O) groups excluding carboxylic acids is 1. The van der Waals surface area contributed by atoms with Crippen LogP contribution in [0.1, 0.15) is 54.7 Å². The number of fused-ring (bicyclic) bond motifs is 2. The summed E-state index contributed by atoms with van der Waals surface area (Å²) in [7, 11) is -9.39. The molecule has 4 N–H and O–H groups in total. The number of ether oxygens (including phenoxy) is 2. The van der Waals surface area contributed by atoms with E-state index in [4.69, 9.17) is 32.7 Å². The number of phenolic OH excluding ortho intramolecular Hbond substituents is 1. The monoisotopic (exact) mass is 1240 g/mol. The largest absolute Gasteiger partial charge is 2.00 e. The zero-order chi connectivity index (χ0) is 54.9. The van der Waals surface area contributed by atoms with Gasteiger partial charge in [-0.05, 0) is 121 Å². The fourth-order valence-electron chi connectivity index (χ4n) is 7.63. The molecule has 0 aliphatic heterocycles. The van der Waals surface area contributed by atoms with Gasteiger partial charge in [0.25, 0.3) is 26.1 Å². The molecule has 8 rings (SSSR count). The van der Waals surface area contributed by atoms with Gasteiger partial charge in [-0.2, -0.15) is 21.9 Å². The third kappa shape index (κ3) is 14.6. The van der Waals surface area contributed by atoms with E-state index in [1.165, 1.54) is 36.4 Å². The molecule has 0 aliphatic rings. The summed E-state index contributed by atoms with van der Waals surface area (Å²) in [5, 5.41) is 58.2. The topological polar surface area (TPSA) is 284 Å². The second kappa shape index (κ2) is 26.3. The van der Waals surface area contributed by atoms with E-state index in [2.05, 4.69) is 30.8 Å². The summed E-state index contributed by atoms with van der Waals surface area (Å²) in [6.45, 7) is 8.16. The minimum Gasteiger partial charge on any atom is -0.871 e. The Morgan fingerprint density at radius 3 is 1.58 bits per heavy atom. The van der Waals surface area contributed by atoms with Crippen molar-refractivity contribution in [2.75, 3.05) is 18.5 Å². The van der Waals surface area contributed by atoms with Crippen LogP contribution in [0.3, 0.4) is 0 Å². The molecular formula is C54H46BaCl2N6O12S2. The molecule has 0 fully saturated rings. The van der Waals surface area contributed by atoms with Crippen LogP contribution in [0.4, 0.5) is 34.1 Å². The maximum Gasteiger partial charge on any atom is 2.00 e. The molecule has 0 aliphatic carbocycles. The fourth-order valence-corrected chi connectivity index (χ4v) is 9.69. The summed E-state index contributed by atoms with van der Waals surface area (Å²) in [6.07, 6.45) is 0.922. The van der Waals surface area contributed by atoms with Crippen molar-refractivity contribution in [3.05, 3.63) is 166 Å². The molecular weight excluding hydrogens is 1200 g/mol. The molecule has 8 aromatic rings. The van der Waals surface area contributed by atoms with Gasteiger partial charge < -0.3 is 30.1 Å². The van der Waals surface area contributed by atoms with Crippen LogP contribution in [0.25, 0.3) is 21.5 Å². The SMILES string of the molecule is CCOc1cccc(N=C([O-])c2cc3ccccc3c(N=Nc3c(Cl)cc(CC)cc3S(=O)(=O)O)c2[O-])c1.CCOc1cccc(NC(=O)c2cc3ccccc3c(N=Nc3c(Cl)cc(CC)cc3S(=O)(=O)O)c2O)c1.[Ba+2]. The summed E-state index contributed by atoms with van der Waals surface area (Å²) in [5.41, 5.74) is 0.649. The first kappa shape index (κ1) is 59.8. The first-order valence-electron chi connectivity index (χ1n) is 23.2. The minimum atomic E-state index is -4.71. The van der Waals surface area contributed by atoms with Crippen LogP contribution in [0, 0.1) is 0 Å². The Hall–Kier alpha value is -6.41. The first-order chi connectivity index (χ1) is 36.2. The average Bonchev–Trinajstić information content (AvgIpc) is 3.40. The molecule has 0 saturated carbocycles. The number of amides is 1. The van der Waals surface area contributed by atoms with Gasteiger partial charge in [-0.25, -0.2) is 0 Å². The Morgan fingerprint density at radius 2 is 1.06 bits per heavy atom. The number of rotatable bonds is 16. The van der Waals surface area contributed by atoms with Crippen LogP contribution >= 0.6 is 23.2 Å². The molecule has 392 valence electrons. The third-order valence-electron chi connectivity index (χ3n) is 11.3. The van der Waals surface area contributed by atoms with Gasteiger partial charge in [-0.15, -0.1) is 15.3 Å². The van der Waals surface area contributed by atoms with E-state index >= 15 is 0 Å². The summed E-state index contributed by atoms with van der Waals surface area (Å²) >= 11 is 12.5. The number of hydrogen-bond acceptors (Lipinski definition) is 15. The standard InChI is InChI=1S/2C27H24ClN3O6S.Ba/c2*1-3-16-12-22(28)25(23(13-16)38(34,35)36)31-30-24-20-11-6-5-8-17(20)14-21(26(24)32)27(33)29-18-9-7-10-19(15-18)37-4-2;/h2*5-15,32H,3-4H2,1-2H3,(H,29,33)(H,34,35,36);/q;;+2/p-2. The number of anilines is 1. The number of aliphatic imine (C=N–C) groups is 1. The van der Waals surface area contributed by atoms with E-state index in [-0.39, 0.29) is 92.8 Å². The van der Waals surface area contributed by atoms with Gasteiger partial charge in [-0.3, -0.25) is 18.9 Å². The number of benzene rings is 8. The number of carbonyl (C=O) groups is 1. The zero-order valence-electron chi connectivity index (χ0n) is 41.6. The van der Waals surface area contributed by atoms with Crippen molar-refractivity contribution in [1.29, 1.82) is 0 Å². The number of aromatic hydroxyl groups is 1. The number of hydrogen-bond donors (Lipinski definition) is 4. The second-order valence-corrected chi connectivity index (χ2v) is 19.9. The van der Waals surface area contributed by atoms with Crippen molar-refractivity contribution in [2.24, 2.45) is 25.4 Å². The molecule has 0 bridgehead atoms. The molecule has 0 radical (unpaired) electrons. The van der Waals surface area contributed by atoms with E-state index in [9.17, 15) is 46.1 Å². The summed E-state index contributed by atoms with van der Waals surface area (Å²) in [6, 6.07) is 35.4. The number of halogens is 2. The van der Waals surface area contributed by atoms with Gasteiger partial charge in [0.05, 0.1) is 40.2 Å². The van der Waals surface area contributed by atoms with Crippen molar-refractivity contribution in [2.45, 2.75) is 50.3 Å². The Kier molecular flexibility index (Phi) is 20.4. The van der Waals surface area contributed by atoms with Crippen LogP contribution in [0.2, 0.25) is 10.0 Å². The predicted octanol–water partition coefficient (Wildman–Crippen LogP) is 12.3. The molecule has 77 heavy (non-hydrogen) atoms. The number of phenols is 1. The van der Waals surface area contributed by atoms with Gasteiger partial charge in [0.1, 0.15) is 38.4 Å². The average molecular weight is 1240 g/mol. The molecule has 0 unspecified atom stereocenters. The number of nitrogens with zero attached hydrogens (tertiary/aromatic N) is 5. The van der Waals surface area contributed by atoms with Crippen LogP contribution in [-0.2, 0) is 33.1 Å². The molecule has 8 aromatic carbocycles. The van der Waals surface area contributed by atoms with Gasteiger partial charge in [0.15, 0.2) is 5.75 Å². The molecule has 23 heteroatoms. The first-order valence-corrected chi connectivity index (χ1v) is 26.8. The van der Waals surface area contributed by atoms with Crippen molar-refractivity contribution in [3.63, 3.8) is 0 Å². The quantitative estimate of drug-likeness (QED) is 0.0231. The second-order valence-electron chi connectivity index (χ2n) is 16.3. The number of aryl methyl sites for hydroxylation is 2. The summed E-state index contributed by atoms with van der Waals surface area (Å²) < 4.78 is 78.5. The van der Waals surface area contributed by atoms with Crippen LogP contribution in [0.5, 0.6) is 23.0 Å². The van der Waals surface area contributed by atoms with Gasteiger partial charge in [-0.1, -0.05) is 103 Å². The van der Waals surface area contributed by atoms with Gasteiger partial charge >= 0.3 is 48.9 Å². The zero-order valence-corrected chi connectivity index (χ0v) is 49.1. The summed E-state index contributed by atoms with van der Waals surface area (Å²) in [5.74, 6) is -1.53. The molecule has 0 heterocycles. The van der Waals surface area contributed by atoms with Crippen molar-refractivity contribution in [1.82, 2.24) is 0 Å². The van der Waals surface area contributed by atoms with Crippen molar-refractivity contribution in [3.8, 4) is 23.0 Å². The van der Waals surface area contributed by atoms with Crippen molar-refractivity contribution >= 4 is 160 Å². The molecule has 0 spiro atoms. The predicted molar refractivity (Wildman–Crippen MR) is 294 cm³/mol. The minimum absolute atomic E-state index is 0. The smallest absolute Gasteiger partial charge is 0.871 e. The van der Waals surface area contributed by atoms with Crippen LogP contribution in [-0.4, -0.2) is 105 Å². The maximum absolute atomic E-state index is 13.4. The third-order valence-corrected chi connectivity index (χ3v) is 13.6. The van der Waals surface area contributed by atoms with Gasteiger partial charge in [0, 0.05) is 28.6 Å². The van der Waals surface area contributed by atoms with E-state index in [1.807, 2.05) is 13.8 Å². The maximum atomic E-state index is 13.4. The Labute approximate surface area is 493 Å². The van der Waals surface area contributed by atoms with Gasteiger partial charge in [0.2, 0.25) is 0 Å². The summed E-state index contributed by atoms with van der Waals surface area (Å²) in [4.78, 5) is 16.2. The van der Waals surface area contributed by atoms with E-state index in [1.54, 1.807) is 111 Å². The molecule has 0 aromatic heterocycles. The normalized spacial score (nSPS) is 11.9. The molecule has 0 saturated heterocycles. The Bertz CT molecular complexity index is 3860. The molecule has 0 atom stereocenters. The van der Waals surface area contributed by atoms with E-state index in [0.717, 1.165) is 0 Å². The Balaban J connectivity index is 0.000000246. The molecule has 18 nitrogen and oxygen atoms in total. The van der Waals surface area contributed by atoms with Crippen LogP contribution < -0.4 is 25.0 Å². The van der Waals surface area contributed by atoms with Crippen molar-refractivity contribution < 1.29 is 55.5 Å². The number of nitrogens with one attached hydrogen (secondary N) is 1. The Morgan fingerprint density at radius 1 is 0.597 bits per heavy atom. The molecule has 1 amide bonds. The van der Waals surface area contributed by atoms with Crippen LogP contribution in [0.15, 0.2) is 169 Å². The van der Waals surface area contributed by atoms with E-state index < -0.39 is 53.3 Å².